The van der Waals surface area contributed by atoms with Gasteiger partial charge in [-0.15, -0.1) is 0 Å². The van der Waals surface area contributed by atoms with E-state index in [2.05, 4.69) is 10.6 Å². The predicted octanol–water partition coefficient (Wildman–Crippen LogP) is 2.24. The fourth-order valence-electron chi connectivity index (χ4n) is 3.11. The minimum atomic E-state index is -0.517. The average molecular weight is 353 g/mol. The molecule has 2 heterocycles. The third kappa shape index (κ3) is 3.03. The first kappa shape index (κ1) is 16.3. The number of hydrogen-bond donors (Lipinski definition) is 2. The van der Waals surface area contributed by atoms with Crippen LogP contribution in [0.1, 0.15) is 6.92 Å². The van der Waals surface area contributed by atoms with Gasteiger partial charge in [-0.1, -0.05) is 12.1 Å². The van der Waals surface area contributed by atoms with E-state index in [4.69, 9.17) is 9.47 Å². The molecule has 0 fully saturated rings. The summed E-state index contributed by atoms with van der Waals surface area (Å²) in [6, 6.07) is 12.2. The lowest BCUT2D eigenvalue weighted by Crippen LogP contribution is -2.47. The number of amides is 2. The number of nitrogens with one attached hydrogen (secondary N) is 2. The Morgan fingerprint density at radius 1 is 1.15 bits per heavy atom. The maximum absolute atomic E-state index is 12.9. The molecule has 7 heteroatoms. The van der Waals surface area contributed by atoms with Gasteiger partial charge in [-0.3, -0.25) is 14.5 Å². The fourth-order valence-corrected chi connectivity index (χ4v) is 3.11. The van der Waals surface area contributed by atoms with Crippen molar-refractivity contribution < 1.29 is 19.1 Å². The summed E-state index contributed by atoms with van der Waals surface area (Å²) >= 11 is 0. The summed E-state index contributed by atoms with van der Waals surface area (Å²) in [5.74, 6) is 0.969. The number of ether oxygens (including phenoxy) is 2. The third-order valence-corrected chi connectivity index (χ3v) is 4.33. The molecule has 2 aromatic rings. The maximum Gasteiger partial charge on any atom is 0.249 e. The van der Waals surface area contributed by atoms with Gasteiger partial charge in [0.25, 0.3) is 0 Å². The monoisotopic (exact) mass is 353 g/mol. The topological polar surface area (TPSA) is 79.9 Å². The second-order valence-corrected chi connectivity index (χ2v) is 6.21. The molecule has 2 aromatic carbocycles. The van der Waals surface area contributed by atoms with Crippen molar-refractivity contribution in [2.24, 2.45) is 0 Å². The van der Waals surface area contributed by atoms with Gasteiger partial charge in [-0.25, -0.2) is 0 Å². The molecule has 2 N–H and O–H groups in total. The molecule has 0 aromatic heterocycles. The zero-order chi connectivity index (χ0) is 18.1. The number of rotatable bonds is 3. The van der Waals surface area contributed by atoms with Crippen LogP contribution in [0.25, 0.3) is 0 Å². The molecule has 2 amide bonds. The van der Waals surface area contributed by atoms with Crippen LogP contribution in [0.2, 0.25) is 0 Å². The van der Waals surface area contributed by atoms with Gasteiger partial charge in [0.15, 0.2) is 11.5 Å². The predicted molar refractivity (Wildman–Crippen MR) is 97.9 cm³/mol. The molecule has 134 valence electrons. The number of benzene rings is 2. The van der Waals surface area contributed by atoms with Crippen molar-refractivity contribution in [2.75, 3.05) is 35.3 Å². The van der Waals surface area contributed by atoms with Crippen LogP contribution in [0.4, 0.5) is 17.1 Å². The molecule has 4 rings (SSSR count). The van der Waals surface area contributed by atoms with Crippen LogP contribution in [0.15, 0.2) is 42.5 Å². The van der Waals surface area contributed by atoms with E-state index in [0.29, 0.717) is 36.1 Å². The van der Waals surface area contributed by atoms with E-state index in [9.17, 15) is 9.59 Å². The Labute approximate surface area is 150 Å². The van der Waals surface area contributed by atoms with Crippen LogP contribution in [-0.2, 0) is 9.59 Å². The first-order valence-electron chi connectivity index (χ1n) is 8.48. The molecular formula is C19H19N3O4. The maximum atomic E-state index is 12.9. The van der Waals surface area contributed by atoms with Gasteiger partial charge in [-0.2, -0.15) is 0 Å². The molecule has 7 nitrogen and oxygen atoms in total. The van der Waals surface area contributed by atoms with E-state index in [1.165, 1.54) is 4.90 Å². The molecule has 0 saturated heterocycles. The van der Waals surface area contributed by atoms with Crippen LogP contribution in [0.5, 0.6) is 11.5 Å². The van der Waals surface area contributed by atoms with Crippen molar-refractivity contribution in [1.82, 2.24) is 0 Å². The van der Waals surface area contributed by atoms with Gasteiger partial charge in [0.05, 0.1) is 11.4 Å². The van der Waals surface area contributed by atoms with Crippen molar-refractivity contribution in [3.63, 3.8) is 0 Å². The summed E-state index contributed by atoms with van der Waals surface area (Å²) in [6.45, 7) is 2.81. The van der Waals surface area contributed by atoms with Gasteiger partial charge in [0, 0.05) is 11.8 Å². The van der Waals surface area contributed by atoms with Crippen LogP contribution < -0.4 is 25.0 Å². The highest BCUT2D eigenvalue weighted by molar-refractivity contribution is 6.11. The number of fused-ring (bicyclic) bond motifs is 2. The number of carbonyl (C=O) groups is 2. The lowest BCUT2D eigenvalue weighted by Gasteiger charge is -2.31. The highest BCUT2D eigenvalue weighted by Gasteiger charge is 2.29. The van der Waals surface area contributed by atoms with Crippen molar-refractivity contribution >= 4 is 28.9 Å². The molecule has 1 unspecified atom stereocenters. The Morgan fingerprint density at radius 3 is 2.77 bits per heavy atom. The second kappa shape index (κ2) is 6.59. The normalized spacial score (nSPS) is 16.3. The number of anilines is 3. The van der Waals surface area contributed by atoms with E-state index in [1.807, 2.05) is 36.4 Å². The standard InChI is InChI=1S/C19H19N3O4/c1-12(20-13-6-7-16-17(10-13)26-9-8-25-16)19(24)22-11-18(23)21-14-4-2-3-5-15(14)22/h2-7,10,12,20H,8-9,11H2,1H3,(H,21,23). The molecule has 26 heavy (non-hydrogen) atoms. The minimum Gasteiger partial charge on any atom is -0.486 e. The van der Waals surface area contributed by atoms with Gasteiger partial charge in [0.1, 0.15) is 25.8 Å². The molecule has 2 aliphatic heterocycles. The lowest BCUT2D eigenvalue weighted by molar-refractivity contribution is -0.122. The van der Waals surface area contributed by atoms with Crippen LogP contribution in [-0.4, -0.2) is 37.6 Å². The van der Waals surface area contributed by atoms with Crippen molar-refractivity contribution in [3.8, 4) is 11.5 Å². The highest BCUT2D eigenvalue weighted by Crippen LogP contribution is 2.33. The molecule has 2 aliphatic rings. The summed E-state index contributed by atoms with van der Waals surface area (Å²) in [4.78, 5) is 26.4. The Morgan fingerprint density at radius 2 is 1.92 bits per heavy atom. The minimum absolute atomic E-state index is 0.00298. The molecule has 0 spiro atoms. The van der Waals surface area contributed by atoms with E-state index < -0.39 is 6.04 Å². The summed E-state index contributed by atoms with van der Waals surface area (Å²) in [7, 11) is 0. The number of carbonyl (C=O) groups excluding carboxylic acids is 2. The second-order valence-electron chi connectivity index (χ2n) is 6.21. The first-order chi connectivity index (χ1) is 12.6. The van der Waals surface area contributed by atoms with Crippen LogP contribution >= 0.6 is 0 Å². The summed E-state index contributed by atoms with van der Waals surface area (Å²) in [5.41, 5.74) is 2.10. The van der Waals surface area contributed by atoms with Crippen LogP contribution in [0.3, 0.4) is 0 Å². The largest absolute Gasteiger partial charge is 0.486 e. The van der Waals surface area contributed by atoms with Gasteiger partial charge in [0.2, 0.25) is 11.8 Å². The summed E-state index contributed by atoms with van der Waals surface area (Å²) in [5, 5.41) is 5.96. The van der Waals surface area contributed by atoms with E-state index >= 15 is 0 Å². The number of nitrogens with zero attached hydrogens (tertiary/aromatic N) is 1. The van der Waals surface area contributed by atoms with Crippen molar-refractivity contribution in [1.29, 1.82) is 0 Å². The fraction of sp³-hybridized carbons (Fsp3) is 0.263. The quantitative estimate of drug-likeness (QED) is 0.885. The zero-order valence-electron chi connectivity index (χ0n) is 14.3. The van der Waals surface area contributed by atoms with Gasteiger partial charge < -0.3 is 20.1 Å². The number of hydrogen-bond acceptors (Lipinski definition) is 5. The molecule has 0 aliphatic carbocycles. The van der Waals surface area contributed by atoms with E-state index in [0.717, 1.165) is 5.69 Å². The smallest absolute Gasteiger partial charge is 0.249 e. The van der Waals surface area contributed by atoms with Crippen molar-refractivity contribution in [3.05, 3.63) is 42.5 Å². The lowest BCUT2D eigenvalue weighted by atomic mass is 10.1. The molecular weight excluding hydrogens is 334 g/mol. The zero-order valence-corrected chi connectivity index (χ0v) is 14.3. The van der Waals surface area contributed by atoms with Gasteiger partial charge in [-0.05, 0) is 31.2 Å². The SMILES string of the molecule is CC(Nc1ccc2c(c1)OCCO2)C(=O)N1CC(=O)Nc2ccccc21. The molecule has 0 bridgehead atoms. The van der Waals surface area contributed by atoms with Gasteiger partial charge >= 0.3 is 0 Å². The Kier molecular flexibility index (Phi) is 4.12. The van der Waals surface area contributed by atoms with E-state index in [1.54, 1.807) is 13.0 Å². The summed E-state index contributed by atoms with van der Waals surface area (Å²) in [6.07, 6.45) is 0. The number of para-hydroxylation sites is 2. The Balaban J connectivity index is 1.52. The Bertz CT molecular complexity index is 868. The Hall–Kier alpha value is -3.22. The molecule has 0 saturated carbocycles. The summed E-state index contributed by atoms with van der Waals surface area (Å²) < 4.78 is 11.1. The van der Waals surface area contributed by atoms with Crippen LogP contribution in [0, 0.1) is 0 Å². The molecule has 1 atom stereocenters. The average Bonchev–Trinajstić information content (AvgIpc) is 2.66. The van der Waals surface area contributed by atoms with Crippen molar-refractivity contribution in [2.45, 2.75) is 13.0 Å². The van der Waals surface area contributed by atoms with E-state index in [-0.39, 0.29) is 18.4 Å². The first-order valence-corrected chi connectivity index (χ1v) is 8.48. The highest BCUT2D eigenvalue weighted by atomic mass is 16.6. The third-order valence-electron chi connectivity index (χ3n) is 4.33. The molecule has 0 radical (unpaired) electrons.